The third kappa shape index (κ3) is 9.33. The van der Waals surface area contributed by atoms with Crippen LogP contribution in [0.15, 0.2) is 35.2 Å². The standard InChI is InChI=1S/C26H32ClNO12S/c1-13(29)28-20-22(21(38-16(4)32)19(37-15(3)31)12-36-14(2)30)40-26(27,25(34)35-6)24(23(20)39-17(5)33)41-18-10-8-7-9-11-18/h7-11,19-24H,12H2,1-6H3,(H,28,29)/t19-,20-,21+,22-,23+,24-,26-/m0/s1. The summed E-state index contributed by atoms with van der Waals surface area (Å²) in [6, 6.07) is 7.29. The van der Waals surface area contributed by atoms with Gasteiger partial charge in [0.05, 0.1) is 13.2 Å². The molecule has 1 N–H and O–H groups in total. The molecule has 15 heteroatoms. The van der Waals surface area contributed by atoms with E-state index in [2.05, 4.69) is 5.32 Å². The topological polar surface area (TPSA) is 170 Å². The predicted molar refractivity (Wildman–Crippen MR) is 142 cm³/mol. The van der Waals surface area contributed by atoms with E-state index >= 15 is 0 Å². The van der Waals surface area contributed by atoms with Crippen molar-refractivity contribution in [3.63, 3.8) is 0 Å². The molecular weight excluding hydrogens is 586 g/mol. The van der Waals surface area contributed by atoms with Gasteiger partial charge < -0.3 is 33.7 Å². The molecule has 0 radical (unpaired) electrons. The van der Waals surface area contributed by atoms with Gasteiger partial charge in [-0.2, -0.15) is 0 Å². The first-order valence-corrected chi connectivity index (χ1v) is 13.5. The van der Waals surface area contributed by atoms with E-state index in [-0.39, 0.29) is 0 Å². The van der Waals surface area contributed by atoms with Gasteiger partial charge in [-0.3, -0.25) is 24.0 Å². The summed E-state index contributed by atoms with van der Waals surface area (Å²) in [7, 11) is 1.06. The Hall–Kier alpha value is -3.36. The molecule has 1 aliphatic heterocycles. The van der Waals surface area contributed by atoms with Gasteiger partial charge in [0.2, 0.25) is 5.91 Å². The summed E-state index contributed by atoms with van der Waals surface area (Å²) in [4.78, 5) is 74.4. The van der Waals surface area contributed by atoms with Crippen molar-refractivity contribution >= 4 is 59.1 Å². The number of carbonyl (C=O) groups is 6. The highest BCUT2D eigenvalue weighted by Crippen LogP contribution is 2.46. The normalized spacial score (nSPS) is 25.0. The summed E-state index contributed by atoms with van der Waals surface area (Å²) < 4.78 is 32.5. The van der Waals surface area contributed by atoms with Gasteiger partial charge in [0.15, 0.2) is 12.2 Å². The first kappa shape index (κ1) is 33.8. The summed E-state index contributed by atoms with van der Waals surface area (Å²) in [6.45, 7) is 4.89. The zero-order valence-corrected chi connectivity index (χ0v) is 24.8. The monoisotopic (exact) mass is 617 g/mol. The van der Waals surface area contributed by atoms with Crippen LogP contribution in [0.3, 0.4) is 0 Å². The number of benzene rings is 1. The Balaban J connectivity index is 2.79. The molecule has 0 spiro atoms. The van der Waals surface area contributed by atoms with Gasteiger partial charge in [0, 0.05) is 39.5 Å². The summed E-state index contributed by atoms with van der Waals surface area (Å²) in [5.41, 5.74) is 0. The molecule has 1 aromatic carbocycles. The summed E-state index contributed by atoms with van der Waals surface area (Å²) in [5, 5.41) is -1.03. The summed E-state index contributed by atoms with van der Waals surface area (Å²) in [6.07, 6.45) is -6.16. The van der Waals surface area contributed by atoms with Crippen molar-refractivity contribution in [2.45, 2.75) is 80.3 Å². The maximum atomic E-state index is 13.2. The molecule has 226 valence electrons. The van der Waals surface area contributed by atoms with E-state index in [0.717, 1.165) is 46.6 Å². The number of esters is 5. The second kappa shape index (κ2) is 15.0. The van der Waals surface area contributed by atoms with Crippen molar-refractivity contribution in [1.82, 2.24) is 5.32 Å². The lowest BCUT2D eigenvalue weighted by molar-refractivity contribution is -0.223. The number of carbonyl (C=O) groups excluding carboxylic acids is 6. The number of hydrogen-bond acceptors (Lipinski definition) is 13. The molecule has 2 rings (SSSR count). The lowest BCUT2D eigenvalue weighted by atomic mass is 9.88. The fourth-order valence-corrected chi connectivity index (χ4v) is 5.88. The van der Waals surface area contributed by atoms with E-state index < -0.39 is 83.1 Å². The second-order valence-electron chi connectivity index (χ2n) is 8.90. The molecule has 1 amide bonds. The van der Waals surface area contributed by atoms with Gasteiger partial charge >= 0.3 is 29.8 Å². The minimum Gasteiger partial charge on any atom is -0.466 e. The molecule has 41 heavy (non-hydrogen) atoms. The zero-order chi connectivity index (χ0) is 30.9. The van der Waals surface area contributed by atoms with Crippen molar-refractivity contribution in [1.29, 1.82) is 0 Å². The smallest absolute Gasteiger partial charge is 0.355 e. The van der Waals surface area contributed by atoms with Crippen LogP contribution in [-0.2, 0) is 57.2 Å². The van der Waals surface area contributed by atoms with Crippen LogP contribution in [0.5, 0.6) is 0 Å². The quantitative estimate of drug-likeness (QED) is 0.215. The van der Waals surface area contributed by atoms with Crippen LogP contribution in [0.4, 0.5) is 0 Å². The zero-order valence-electron chi connectivity index (χ0n) is 23.2. The van der Waals surface area contributed by atoms with Crippen molar-refractivity contribution in [3.05, 3.63) is 30.3 Å². The van der Waals surface area contributed by atoms with E-state index in [1.807, 2.05) is 0 Å². The van der Waals surface area contributed by atoms with E-state index in [4.69, 9.17) is 40.0 Å². The molecule has 0 aromatic heterocycles. The van der Waals surface area contributed by atoms with Gasteiger partial charge in [0.25, 0.3) is 5.06 Å². The average Bonchev–Trinajstić information content (AvgIpc) is 2.88. The van der Waals surface area contributed by atoms with Gasteiger partial charge in [-0.25, -0.2) is 4.79 Å². The molecule has 1 heterocycles. The number of alkyl halides is 1. The lowest BCUT2D eigenvalue weighted by Crippen LogP contribution is -2.72. The molecule has 13 nitrogen and oxygen atoms in total. The highest BCUT2D eigenvalue weighted by Gasteiger charge is 2.63. The maximum absolute atomic E-state index is 13.2. The first-order valence-electron chi connectivity index (χ1n) is 12.3. The average molecular weight is 618 g/mol. The van der Waals surface area contributed by atoms with Crippen LogP contribution in [0, 0.1) is 0 Å². The third-order valence-electron chi connectivity index (χ3n) is 5.58. The molecule has 7 atom stereocenters. The molecule has 0 unspecified atom stereocenters. The number of ether oxygens (including phenoxy) is 6. The van der Waals surface area contributed by atoms with E-state index in [0.29, 0.717) is 4.90 Å². The predicted octanol–water partition coefficient (Wildman–Crippen LogP) is 1.52. The number of nitrogens with one attached hydrogen (secondary N) is 1. The number of halogens is 1. The van der Waals surface area contributed by atoms with E-state index in [1.54, 1.807) is 30.3 Å². The maximum Gasteiger partial charge on any atom is 0.355 e. The van der Waals surface area contributed by atoms with E-state index in [9.17, 15) is 28.8 Å². The van der Waals surface area contributed by atoms with Crippen molar-refractivity contribution in [3.8, 4) is 0 Å². The van der Waals surface area contributed by atoms with Crippen LogP contribution in [0.1, 0.15) is 34.6 Å². The number of hydrogen-bond donors (Lipinski definition) is 1. The summed E-state index contributed by atoms with van der Waals surface area (Å²) in [5.74, 6) is -4.98. The second-order valence-corrected chi connectivity index (χ2v) is 10.7. The van der Waals surface area contributed by atoms with E-state index in [1.165, 1.54) is 6.92 Å². The Kier molecular flexibility index (Phi) is 12.4. The Bertz CT molecular complexity index is 1130. The number of amides is 1. The van der Waals surface area contributed by atoms with Crippen molar-refractivity contribution in [2.75, 3.05) is 13.7 Å². The molecule has 1 aromatic rings. The molecule has 1 aliphatic rings. The summed E-state index contributed by atoms with van der Waals surface area (Å²) >= 11 is 7.89. The lowest BCUT2D eigenvalue weighted by Gasteiger charge is -2.50. The molecule has 0 bridgehead atoms. The van der Waals surface area contributed by atoms with Crippen LogP contribution in [0.2, 0.25) is 0 Å². The Labute approximate surface area is 245 Å². The van der Waals surface area contributed by atoms with Gasteiger partial charge in [-0.05, 0) is 12.1 Å². The van der Waals surface area contributed by atoms with Gasteiger partial charge in [-0.15, -0.1) is 11.8 Å². The van der Waals surface area contributed by atoms with Gasteiger partial charge in [-0.1, -0.05) is 29.8 Å². The first-order chi connectivity index (χ1) is 19.2. The highest BCUT2D eigenvalue weighted by molar-refractivity contribution is 8.00. The van der Waals surface area contributed by atoms with Crippen LogP contribution >= 0.6 is 23.4 Å². The largest absolute Gasteiger partial charge is 0.466 e. The number of thioether (sulfide) groups is 1. The minimum atomic E-state index is -2.41. The fraction of sp³-hybridized carbons (Fsp3) is 0.538. The van der Waals surface area contributed by atoms with Gasteiger partial charge in [0.1, 0.15) is 24.1 Å². The SMILES string of the molecule is COC(=O)[C@@]1(Cl)O[C@H]([C@H](OC(C)=O)[C@H](COC(C)=O)OC(C)=O)[C@H](NC(C)=O)[C@@H](OC(C)=O)[C@@H]1Sc1ccccc1. The van der Waals surface area contributed by atoms with Crippen LogP contribution < -0.4 is 5.32 Å². The highest BCUT2D eigenvalue weighted by atomic mass is 35.5. The fourth-order valence-electron chi connectivity index (χ4n) is 4.17. The third-order valence-corrected chi connectivity index (χ3v) is 7.59. The van der Waals surface area contributed by atoms with Crippen molar-refractivity contribution in [2.24, 2.45) is 0 Å². The Morgan fingerprint density at radius 2 is 1.56 bits per heavy atom. The van der Waals surface area contributed by atoms with Crippen molar-refractivity contribution < 1.29 is 57.2 Å². The molecule has 0 aliphatic carbocycles. The Morgan fingerprint density at radius 1 is 0.951 bits per heavy atom. The molecular formula is C26H32ClNO12S. The Morgan fingerprint density at radius 3 is 2.05 bits per heavy atom. The molecule has 0 saturated carbocycles. The number of rotatable bonds is 11. The molecule has 1 fully saturated rings. The van der Waals surface area contributed by atoms with Crippen LogP contribution in [0.25, 0.3) is 0 Å². The molecule has 1 saturated heterocycles. The minimum absolute atomic E-state index is 0.594. The number of methoxy groups -OCH3 is 1. The van der Waals surface area contributed by atoms with Crippen LogP contribution in [-0.4, -0.2) is 90.2 Å².